The Morgan fingerprint density at radius 3 is 2.45 bits per heavy atom. The smallest absolute Gasteiger partial charge is 0.258 e. The van der Waals surface area contributed by atoms with Crippen LogP contribution in [-0.4, -0.2) is 19.9 Å². The van der Waals surface area contributed by atoms with Gasteiger partial charge in [0, 0.05) is 12.6 Å². The normalized spacial score (nSPS) is 12.9. The van der Waals surface area contributed by atoms with Crippen LogP contribution in [0.1, 0.15) is 27.7 Å². The lowest BCUT2D eigenvalue weighted by Gasteiger charge is -2.29. The van der Waals surface area contributed by atoms with Gasteiger partial charge >= 0.3 is 0 Å². The number of hydrogen-bond donors (Lipinski definition) is 1. The van der Waals surface area contributed by atoms with Crippen LogP contribution in [0.2, 0.25) is 4.34 Å². The van der Waals surface area contributed by atoms with E-state index in [0.717, 1.165) is 6.07 Å². The fourth-order valence-corrected chi connectivity index (χ4v) is 4.08. The first-order valence-corrected chi connectivity index (χ1v) is 8.58. The Balaban J connectivity index is 2.96. The van der Waals surface area contributed by atoms with Crippen LogP contribution in [0.15, 0.2) is 10.3 Å². The molecule has 1 aromatic rings. The van der Waals surface area contributed by atoms with Crippen LogP contribution >= 0.6 is 22.9 Å². The van der Waals surface area contributed by atoms with E-state index in [1.54, 1.807) is 0 Å². The molecule has 0 aromatic carbocycles. The topological polar surface area (TPSA) is 89.3 Å². The SMILES string of the molecule is CC(C)C(C)(C)CNS(=O)(=O)c1cc([N+](=O)[O-])c(Cl)s1. The molecule has 6 nitrogen and oxygen atoms in total. The molecular formula is C11H17ClN2O4S2. The zero-order valence-corrected chi connectivity index (χ0v) is 14.0. The Bertz CT molecular complexity index is 608. The summed E-state index contributed by atoms with van der Waals surface area (Å²) < 4.78 is 26.4. The fourth-order valence-electron chi connectivity index (χ4n) is 1.15. The molecule has 0 radical (unpaired) electrons. The molecule has 0 amide bonds. The third kappa shape index (κ3) is 3.91. The number of halogens is 1. The van der Waals surface area contributed by atoms with Gasteiger partial charge in [0.1, 0.15) is 4.21 Å². The van der Waals surface area contributed by atoms with E-state index in [4.69, 9.17) is 11.6 Å². The molecule has 20 heavy (non-hydrogen) atoms. The quantitative estimate of drug-likeness (QED) is 0.635. The van der Waals surface area contributed by atoms with Gasteiger partial charge in [-0.1, -0.05) is 39.3 Å². The first kappa shape index (κ1) is 17.4. The molecule has 9 heteroatoms. The van der Waals surface area contributed by atoms with Crippen molar-refractivity contribution in [3.05, 3.63) is 20.5 Å². The molecule has 0 spiro atoms. The summed E-state index contributed by atoms with van der Waals surface area (Å²) in [6.45, 7) is 8.15. The molecule has 1 rings (SSSR count). The summed E-state index contributed by atoms with van der Waals surface area (Å²) in [4.78, 5) is 9.98. The Hall–Kier alpha value is -0.700. The summed E-state index contributed by atoms with van der Waals surface area (Å²) in [5, 5.41) is 10.7. The molecule has 0 atom stereocenters. The molecule has 0 fully saturated rings. The van der Waals surface area contributed by atoms with E-state index in [1.165, 1.54) is 0 Å². The first-order valence-electron chi connectivity index (χ1n) is 5.91. The maximum atomic E-state index is 12.1. The highest BCUT2D eigenvalue weighted by molar-refractivity contribution is 7.91. The number of rotatable bonds is 6. The summed E-state index contributed by atoms with van der Waals surface area (Å²) >= 11 is 6.35. The van der Waals surface area contributed by atoms with E-state index in [-0.39, 0.29) is 32.1 Å². The second-order valence-corrected chi connectivity index (χ2v) is 9.10. The van der Waals surface area contributed by atoms with Gasteiger partial charge in [0.15, 0.2) is 4.34 Å². The molecule has 0 saturated carbocycles. The lowest BCUT2D eigenvalue weighted by atomic mass is 9.81. The van der Waals surface area contributed by atoms with E-state index in [9.17, 15) is 18.5 Å². The predicted molar refractivity (Wildman–Crippen MR) is 79.8 cm³/mol. The largest absolute Gasteiger partial charge is 0.300 e. The minimum Gasteiger partial charge on any atom is -0.258 e. The number of sulfonamides is 1. The zero-order valence-electron chi connectivity index (χ0n) is 11.6. The minimum atomic E-state index is -3.78. The average molecular weight is 341 g/mol. The zero-order chi connectivity index (χ0) is 15.7. The van der Waals surface area contributed by atoms with Crippen LogP contribution in [0.5, 0.6) is 0 Å². The van der Waals surface area contributed by atoms with E-state index < -0.39 is 14.9 Å². The van der Waals surface area contributed by atoms with Crippen molar-refractivity contribution in [3.8, 4) is 0 Å². The van der Waals surface area contributed by atoms with Crippen molar-refractivity contribution in [1.82, 2.24) is 4.72 Å². The van der Waals surface area contributed by atoms with Gasteiger partial charge in [0.25, 0.3) is 5.69 Å². The van der Waals surface area contributed by atoms with Crippen LogP contribution < -0.4 is 4.72 Å². The van der Waals surface area contributed by atoms with E-state index in [1.807, 2.05) is 27.7 Å². The predicted octanol–water partition coefficient (Wildman–Crippen LogP) is 3.27. The van der Waals surface area contributed by atoms with Crippen molar-refractivity contribution < 1.29 is 13.3 Å². The van der Waals surface area contributed by atoms with Crippen LogP contribution in [0, 0.1) is 21.4 Å². The third-order valence-electron chi connectivity index (χ3n) is 3.39. The van der Waals surface area contributed by atoms with Gasteiger partial charge in [0.2, 0.25) is 10.0 Å². The van der Waals surface area contributed by atoms with Gasteiger partial charge in [0.05, 0.1) is 4.92 Å². The molecular weight excluding hydrogens is 324 g/mol. The van der Waals surface area contributed by atoms with Crippen molar-refractivity contribution in [1.29, 1.82) is 0 Å². The Kier molecular flexibility index (Phi) is 5.18. The van der Waals surface area contributed by atoms with Crippen LogP contribution in [0.25, 0.3) is 0 Å². The lowest BCUT2D eigenvalue weighted by molar-refractivity contribution is -0.384. The summed E-state index contributed by atoms with van der Waals surface area (Å²) in [6.07, 6.45) is 0. The van der Waals surface area contributed by atoms with Crippen LogP contribution in [0.4, 0.5) is 5.69 Å². The van der Waals surface area contributed by atoms with Gasteiger partial charge < -0.3 is 0 Å². The highest BCUT2D eigenvalue weighted by Crippen LogP contribution is 2.36. The number of nitrogens with zero attached hydrogens (tertiary/aromatic N) is 1. The standard InChI is InChI=1S/C11H17ClN2O4S2/c1-7(2)11(3,4)6-13-20(17,18)9-5-8(14(15)16)10(12)19-9/h5,7,13H,6H2,1-4H3. The van der Waals surface area contributed by atoms with Crippen molar-refractivity contribution in [2.75, 3.05) is 6.54 Å². The summed E-state index contributed by atoms with van der Waals surface area (Å²) in [7, 11) is -3.78. The fraction of sp³-hybridized carbons (Fsp3) is 0.636. The lowest BCUT2D eigenvalue weighted by Crippen LogP contribution is -2.36. The van der Waals surface area contributed by atoms with Crippen molar-refractivity contribution in [2.45, 2.75) is 31.9 Å². The molecule has 0 unspecified atom stereocenters. The van der Waals surface area contributed by atoms with Crippen molar-refractivity contribution in [2.24, 2.45) is 11.3 Å². The maximum absolute atomic E-state index is 12.1. The van der Waals surface area contributed by atoms with Gasteiger partial charge in [-0.3, -0.25) is 10.1 Å². The van der Waals surface area contributed by atoms with Crippen LogP contribution in [0.3, 0.4) is 0 Å². The Morgan fingerprint density at radius 1 is 1.50 bits per heavy atom. The van der Waals surface area contributed by atoms with E-state index >= 15 is 0 Å². The molecule has 1 aromatic heterocycles. The van der Waals surface area contributed by atoms with Gasteiger partial charge in [-0.2, -0.15) is 0 Å². The maximum Gasteiger partial charge on any atom is 0.300 e. The highest BCUT2D eigenvalue weighted by Gasteiger charge is 2.28. The van der Waals surface area contributed by atoms with E-state index in [2.05, 4.69) is 4.72 Å². The van der Waals surface area contributed by atoms with Gasteiger partial charge in [-0.05, 0) is 11.3 Å². The van der Waals surface area contributed by atoms with Gasteiger partial charge in [-0.15, -0.1) is 11.3 Å². The van der Waals surface area contributed by atoms with Crippen LogP contribution in [-0.2, 0) is 10.0 Å². The number of thiophene rings is 1. The third-order valence-corrected chi connectivity index (χ3v) is 6.60. The summed E-state index contributed by atoms with van der Waals surface area (Å²) in [6, 6.07) is 0.984. The molecule has 1 N–H and O–H groups in total. The monoisotopic (exact) mass is 340 g/mol. The average Bonchev–Trinajstić information content (AvgIpc) is 2.70. The number of nitro groups is 1. The molecule has 0 aliphatic carbocycles. The second kappa shape index (κ2) is 5.97. The molecule has 0 aliphatic rings. The summed E-state index contributed by atoms with van der Waals surface area (Å²) in [5.41, 5.74) is -0.611. The Morgan fingerprint density at radius 2 is 2.05 bits per heavy atom. The molecule has 1 heterocycles. The van der Waals surface area contributed by atoms with Crippen molar-refractivity contribution in [3.63, 3.8) is 0 Å². The molecule has 0 saturated heterocycles. The summed E-state index contributed by atoms with van der Waals surface area (Å²) in [5.74, 6) is 0.284. The number of hydrogen-bond acceptors (Lipinski definition) is 5. The first-order chi connectivity index (χ1) is 8.97. The minimum absolute atomic E-state index is 0.140. The number of nitrogens with one attached hydrogen (secondary N) is 1. The highest BCUT2D eigenvalue weighted by atomic mass is 35.5. The van der Waals surface area contributed by atoms with Crippen molar-refractivity contribution >= 4 is 38.6 Å². The molecule has 0 bridgehead atoms. The second-order valence-electron chi connectivity index (χ2n) is 5.45. The molecule has 0 aliphatic heterocycles. The van der Waals surface area contributed by atoms with E-state index in [0.29, 0.717) is 11.3 Å². The Labute approximate surface area is 127 Å². The molecule has 114 valence electrons. The van der Waals surface area contributed by atoms with Gasteiger partial charge in [-0.25, -0.2) is 13.1 Å².